The summed E-state index contributed by atoms with van der Waals surface area (Å²) in [5.41, 5.74) is -0.198. The van der Waals surface area contributed by atoms with Crippen molar-refractivity contribution >= 4 is 5.91 Å². The minimum atomic E-state index is -0.321. The fourth-order valence-corrected chi connectivity index (χ4v) is 4.23. The molecule has 3 nitrogen and oxygen atoms in total. The molecule has 0 radical (unpaired) electrons. The van der Waals surface area contributed by atoms with E-state index < -0.39 is 0 Å². The molecule has 3 heterocycles. The Labute approximate surface area is 130 Å². The second-order valence-electron chi connectivity index (χ2n) is 8.44. The Hall–Kier alpha value is -0.830. The van der Waals surface area contributed by atoms with Crippen molar-refractivity contribution in [1.82, 2.24) is 10.2 Å². The standard InChI is InChI=1S/C18H32N2O/c1-6-9-17(2,3)13-18(4,5)16(21)19-15-12-20-10-7-14(15)8-11-20/h6,14-15H,1,7-13H2,2-5H3,(H,19,21). The van der Waals surface area contributed by atoms with Crippen molar-refractivity contribution in [3.8, 4) is 0 Å². The molecule has 120 valence electrons. The monoisotopic (exact) mass is 292 g/mol. The van der Waals surface area contributed by atoms with Crippen LogP contribution in [0.3, 0.4) is 0 Å². The molecule has 2 bridgehead atoms. The lowest BCUT2D eigenvalue weighted by Gasteiger charge is -2.46. The summed E-state index contributed by atoms with van der Waals surface area (Å²) in [4.78, 5) is 15.2. The van der Waals surface area contributed by atoms with E-state index in [1.807, 2.05) is 6.08 Å². The normalized spacial score (nSPS) is 29.2. The van der Waals surface area contributed by atoms with E-state index >= 15 is 0 Å². The number of hydrogen-bond acceptors (Lipinski definition) is 2. The summed E-state index contributed by atoms with van der Waals surface area (Å²) < 4.78 is 0. The minimum Gasteiger partial charge on any atom is -0.351 e. The van der Waals surface area contributed by atoms with Crippen LogP contribution in [0.2, 0.25) is 0 Å². The topological polar surface area (TPSA) is 32.3 Å². The van der Waals surface area contributed by atoms with Gasteiger partial charge in [-0.2, -0.15) is 0 Å². The molecule has 0 aromatic rings. The molecule has 1 N–H and O–H groups in total. The first kappa shape index (κ1) is 16.5. The average molecular weight is 292 g/mol. The third kappa shape index (κ3) is 4.09. The number of carbonyl (C=O) groups is 1. The van der Waals surface area contributed by atoms with Crippen LogP contribution in [0.25, 0.3) is 0 Å². The van der Waals surface area contributed by atoms with E-state index in [-0.39, 0.29) is 16.7 Å². The number of hydrogen-bond donors (Lipinski definition) is 1. The molecule has 3 aliphatic rings. The summed E-state index contributed by atoms with van der Waals surface area (Å²) >= 11 is 0. The molecule has 3 saturated heterocycles. The zero-order valence-corrected chi connectivity index (χ0v) is 14.2. The summed E-state index contributed by atoms with van der Waals surface area (Å²) in [6.45, 7) is 15.9. The van der Waals surface area contributed by atoms with E-state index in [1.165, 1.54) is 25.9 Å². The maximum Gasteiger partial charge on any atom is 0.225 e. The number of amides is 1. The van der Waals surface area contributed by atoms with Gasteiger partial charge in [-0.25, -0.2) is 0 Å². The van der Waals surface area contributed by atoms with Crippen LogP contribution in [0.15, 0.2) is 12.7 Å². The molecular weight excluding hydrogens is 260 g/mol. The molecule has 0 aliphatic carbocycles. The third-order valence-corrected chi connectivity index (χ3v) is 5.20. The number of nitrogens with one attached hydrogen (secondary N) is 1. The molecule has 3 aliphatic heterocycles. The first-order chi connectivity index (χ1) is 9.73. The maximum absolute atomic E-state index is 12.7. The van der Waals surface area contributed by atoms with E-state index in [0.717, 1.165) is 19.4 Å². The SMILES string of the molecule is C=CCC(C)(C)CC(C)(C)C(=O)NC1CN2CCC1CC2. The van der Waals surface area contributed by atoms with Crippen LogP contribution in [0.5, 0.6) is 0 Å². The van der Waals surface area contributed by atoms with Crippen molar-refractivity contribution in [1.29, 1.82) is 0 Å². The van der Waals surface area contributed by atoms with Gasteiger partial charge in [0.25, 0.3) is 0 Å². The molecule has 3 fully saturated rings. The van der Waals surface area contributed by atoms with Gasteiger partial charge in [0, 0.05) is 18.0 Å². The van der Waals surface area contributed by atoms with E-state index in [2.05, 4.69) is 44.5 Å². The largest absolute Gasteiger partial charge is 0.351 e. The number of piperidine rings is 3. The molecule has 0 aromatic carbocycles. The highest BCUT2D eigenvalue weighted by Gasteiger charge is 2.39. The average Bonchev–Trinajstić information content (AvgIpc) is 2.38. The zero-order valence-electron chi connectivity index (χ0n) is 14.2. The Morgan fingerprint density at radius 2 is 1.90 bits per heavy atom. The van der Waals surface area contributed by atoms with Crippen molar-refractivity contribution in [2.24, 2.45) is 16.7 Å². The quantitative estimate of drug-likeness (QED) is 0.762. The molecule has 1 amide bonds. The van der Waals surface area contributed by atoms with Crippen LogP contribution >= 0.6 is 0 Å². The summed E-state index contributed by atoms with van der Waals surface area (Å²) in [6, 6.07) is 0.363. The van der Waals surface area contributed by atoms with Gasteiger partial charge in [0.1, 0.15) is 0 Å². The van der Waals surface area contributed by atoms with E-state index in [4.69, 9.17) is 0 Å². The predicted molar refractivity (Wildman–Crippen MR) is 88.1 cm³/mol. The van der Waals surface area contributed by atoms with Gasteiger partial charge in [-0.05, 0) is 50.1 Å². The molecule has 1 unspecified atom stereocenters. The minimum absolute atomic E-state index is 0.123. The number of fused-ring (bicyclic) bond motifs is 3. The van der Waals surface area contributed by atoms with Crippen LogP contribution in [-0.2, 0) is 4.79 Å². The zero-order chi connectivity index (χ0) is 15.7. The van der Waals surface area contributed by atoms with Crippen LogP contribution in [0.1, 0.15) is 53.4 Å². The van der Waals surface area contributed by atoms with Gasteiger partial charge in [-0.15, -0.1) is 6.58 Å². The van der Waals surface area contributed by atoms with Gasteiger partial charge < -0.3 is 10.2 Å². The highest BCUT2D eigenvalue weighted by Crippen LogP contribution is 2.37. The van der Waals surface area contributed by atoms with Crippen LogP contribution in [-0.4, -0.2) is 36.5 Å². The van der Waals surface area contributed by atoms with E-state index in [1.54, 1.807) is 0 Å². The fourth-order valence-electron chi connectivity index (χ4n) is 4.23. The van der Waals surface area contributed by atoms with Crippen molar-refractivity contribution in [2.75, 3.05) is 19.6 Å². The van der Waals surface area contributed by atoms with Gasteiger partial charge >= 0.3 is 0 Å². The highest BCUT2D eigenvalue weighted by molar-refractivity contribution is 5.82. The summed E-state index contributed by atoms with van der Waals surface area (Å²) in [5.74, 6) is 0.911. The summed E-state index contributed by atoms with van der Waals surface area (Å²) in [5, 5.41) is 3.35. The number of carbonyl (C=O) groups excluding carboxylic acids is 1. The van der Waals surface area contributed by atoms with Crippen LogP contribution < -0.4 is 5.32 Å². The fraction of sp³-hybridized carbons (Fsp3) is 0.833. The summed E-state index contributed by atoms with van der Waals surface area (Å²) in [6.07, 6.45) is 6.28. The number of nitrogens with zero attached hydrogens (tertiary/aromatic N) is 1. The highest BCUT2D eigenvalue weighted by atomic mass is 16.2. The Morgan fingerprint density at radius 3 is 2.38 bits per heavy atom. The maximum atomic E-state index is 12.7. The Kier molecular flexibility index (Phi) is 4.82. The lowest BCUT2D eigenvalue weighted by molar-refractivity contribution is -0.133. The van der Waals surface area contributed by atoms with Crippen molar-refractivity contribution in [2.45, 2.75) is 59.4 Å². The number of allylic oxidation sites excluding steroid dienone is 1. The molecule has 21 heavy (non-hydrogen) atoms. The number of rotatable bonds is 6. The molecule has 0 aromatic heterocycles. The molecule has 0 spiro atoms. The summed E-state index contributed by atoms with van der Waals surface area (Å²) in [7, 11) is 0. The van der Waals surface area contributed by atoms with E-state index in [9.17, 15) is 4.79 Å². The van der Waals surface area contributed by atoms with Crippen LogP contribution in [0, 0.1) is 16.7 Å². The van der Waals surface area contributed by atoms with Gasteiger partial charge in [-0.1, -0.05) is 33.8 Å². The predicted octanol–water partition coefficient (Wildman–Crippen LogP) is 3.22. The molecule has 0 saturated carbocycles. The van der Waals surface area contributed by atoms with Crippen LogP contribution in [0.4, 0.5) is 0 Å². The van der Waals surface area contributed by atoms with Gasteiger partial charge in [-0.3, -0.25) is 4.79 Å². The smallest absolute Gasteiger partial charge is 0.225 e. The Balaban J connectivity index is 1.93. The van der Waals surface area contributed by atoms with Crippen molar-refractivity contribution in [3.63, 3.8) is 0 Å². The van der Waals surface area contributed by atoms with E-state index in [0.29, 0.717) is 12.0 Å². The Bertz CT molecular complexity index is 392. The second-order valence-corrected chi connectivity index (χ2v) is 8.44. The molecule has 1 atom stereocenters. The molecule has 3 heteroatoms. The van der Waals surface area contributed by atoms with Gasteiger partial charge in [0.15, 0.2) is 0 Å². The second kappa shape index (κ2) is 6.12. The third-order valence-electron chi connectivity index (χ3n) is 5.20. The lowest BCUT2D eigenvalue weighted by atomic mass is 9.72. The van der Waals surface area contributed by atoms with Gasteiger partial charge in [0.2, 0.25) is 5.91 Å². The van der Waals surface area contributed by atoms with Crippen molar-refractivity contribution in [3.05, 3.63) is 12.7 Å². The van der Waals surface area contributed by atoms with Crippen molar-refractivity contribution < 1.29 is 4.79 Å². The first-order valence-electron chi connectivity index (χ1n) is 8.38. The lowest BCUT2D eigenvalue weighted by Crippen LogP contribution is -2.59. The molecular formula is C18H32N2O. The Morgan fingerprint density at radius 1 is 1.29 bits per heavy atom. The molecule has 3 rings (SSSR count). The first-order valence-corrected chi connectivity index (χ1v) is 8.38. The van der Waals surface area contributed by atoms with Gasteiger partial charge in [0.05, 0.1) is 0 Å².